The van der Waals surface area contributed by atoms with Crippen LogP contribution in [0.2, 0.25) is 0 Å². The zero-order valence-electron chi connectivity index (χ0n) is 7.79. The van der Waals surface area contributed by atoms with Crippen molar-refractivity contribution in [1.82, 2.24) is 4.98 Å². The Hall–Kier alpha value is 0.1000. The van der Waals surface area contributed by atoms with E-state index in [2.05, 4.69) is 20.9 Å². The Kier molecular flexibility index (Phi) is 3.75. The summed E-state index contributed by atoms with van der Waals surface area (Å²) in [6.07, 6.45) is 1.28. The van der Waals surface area contributed by atoms with Crippen LogP contribution < -0.4 is 34.7 Å². The summed E-state index contributed by atoms with van der Waals surface area (Å²) in [7, 11) is 0. The maximum Gasteiger partial charge on any atom is 1.00 e. The van der Waals surface area contributed by atoms with E-state index < -0.39 is 11.4 Å². The van der Waals surface area contributed by atoms with Crippen LogP contribution in [0.25, 0.3) is 0 Å². The number of rotatable bonds is 2. The molecule has 1 heterocycles. The van der Waals surface area contributed by atoms with E-state index in [0.29, 0.717) is 23.1 Å². The maximum absolute atomic E-state index is 10.8. The van der Waals surface area contributed by atoms with E-state index in [1.165, 1.54) is 0 Å². The molecule has 0 spiro atoms. The number of carbonyl (C=O) groups excluding carboxylic acids is 1. The molecule has 1 aliphatic rings. The molecule has 14 heavy (non-hydrogen) atoms. The standard InChI is InChI=1S/C9H8BrNO2.Na/c10-7-3-1-2-6(11-7)9(4-5-9)8(12)13;/h1-3H,4-5H2,(H,12,13);/q;+1/p-1. The summed E-state index contributed by atoms with van der Waals surface area (Å²) in [6.45, 7) is 0. The van der Waals surface area contributed by atoms with Gasteiger partial charge in [0.25, 0.3) is 0 Å². The molecule has 1 fully saturated rings. The number of carboxylic acids is 1. The number of nitrogens with zero attached hydrogens (tertiary/aromatic N) is 1. The first kappa shape index (κ1) is 12.2. The molecule has 2 rings (SSSR count). The van der Waals surface area contributed by atoms with Crippen LogP contribution in [0.15, 0.2) is 22.8 Å². The fourth-order valence-electron chi connectivity index (χ4n) is 1.36. The average molecular weight is 264 g/mol. The molecule has 0 aliphatic heterocycles. The Morgan fingerprint density at radius 2 is 2.14 bits per heavy atom. The molecule has 0 aromatic carbocycles. The monoisotopic (exact) mass is 263 g/mol. The summed E-state index contributed by atoms with van der Waals surface area (Å²) < 4.78 is 0.664. The predicted molar refractivity (Wildman–Crippen MR) is 47.9 cm³/mol. The van der Waals surface area contributed by atoms with Gasteiger partial charge in [0.1, 0.15) is 4.60 Å². The number of aromatic nitrogens is 1. The Labute approximate surface area is 112 Å². The fourth-order valence-corrected chi connectivity index (χ4v) is 1.71. The second kappa shape index (κ2) is 4.31. The Balaban J connectivity index is 0.000000980. The summed E-state index contributed by atoms with van der Waals surface area (Å²) >= 11 is 3.21. The van der Waals surface area contributed by atoms with Gasteiger partial charge in [-0.1, -0.05) is 6.07 Å². The van der Waals surface area contributed by atoms with Gasteiger partial charge in [-0.3, -0.25) is 0 Å². The van der Waals surface area contributed by atoms with E-state index in [4.69, 9.17) is 0 Å². The summed E-state index contributed by atoms with van der Waals surface area (Å²) in [4.78, 5) is 15.0. The Bertz CT molecular complexity index is 366. The smallest absolute Gasteiger partial charge is 0.549 e. The zero-order valence-corrected chi connectivity index (χ0v) is 11.4. The minimum Gasteiger partial charge on any atom is -0.549 e. The molecule has 5 heteroatoms. The van der Waals surface area contributed by atoms with Crippen LogP contribution in [0, 0.1) is 0 Å². The molecule has 0 radical (unpaired) electrons. The molecule has 0 N–H and O–H groups in total. The molecule has 68 valence electrons. The van der Waals surface area contributed by atoms with Crippen molar-refractivity contribution in [2.75, 3.05) is 0 Å². The molecule has 0 unspecified atom stereocenters. The molecular formula is C9H7BrNNaO2. The quantitative estimate of drug-likeness (QED) is 0.443. The molecular weight excluding hydrogens is 257 g/mol. The second-order valence-corrected chi connectivity index (χ2v) is 4.03. The first-order valence-corrected chi connectivity index (χ1v) is 4.79. The van der Waals surface area contributed by atoms with Crippen LogP contribution >= 0.6 is 15.9 Å². The second-order valence-electron chi connectivity index (χ2n) is 3.22. The van der Waals surface area contributed by atoms with Crippen LogP contribution in [-0.2, 0) is 10.2 Å². The molecule has 3 nitrogen and oxygen atoms in total. The molecule has 0 saturated heterocycles. The van der Waals surface area contributed by atoms with E-state index in [9.17, 15) is 9.90 Å². The van der Waals surface area contributed by atoms with Gasteiger partial charge < -0.3 is 9.90 Å². The van der Waals surface area contributed by atoms with Gasteiger partial charge in [0, 0.05) is 0 Å². The number of aliphatic carboxylic acids is 1. The summed E-state index contributed by atoms with van der Waals surface area (Å²) in [5, 5.41) is 10.8. The first-order chi connectivity index (χ1) is 6.15. The number of halogens is 1. The predicted octanol–water partition coefficient (Wildman–Crippen LogP) is -2.37. The van der Waals surface area contributed by atoms with Gasteiger partial charge in [0.15, 0.2) is 0 Å². The molecule has 0 atom stereocenters. The molecule has 1 aromatic heterocycles. The van der Waals surface area contributed by atoms with Gasteiger partial charge in [-0.05, 0) is 40.9 Å². The van der Waals surface area contributed by atoms with Crippen molar-refractivity contribution in [3.8, 4) is 0 Å². The SMILES string of the molecule is O=C([O-])C1(c2cccc(Br)n2)CC1.[Na+]. The molecule has 1 saturated carbocycles. The van der Waals surface area contributed by atoms with Gasteiger partial charge in [-0.25, -0.2) is 4.98 Å². The first-order valence-electron chi connectivity index (χ1n) is 4.00. The molecule has 1 aromatic rings. The third kappa shape index (κ3) is 2.03. The van der Waals surface area contributed by atoms with E-state index >= 15 is 0 Å². The van der Waals surface area contributed by atoms with E-state index in [-0.39, 0.29) is 29.6 Å². The van der Waals surface area contributed by atoms with E-state index in [1.54, 1.807) is 18.2 Å². The van der Waals surface area contributed by atoms with Crippen LogP contribution in [-0.4, -0.2) is 11.0 Å². The largest absolute Gasteiger partial charge is 1.00 e. The number of hydrogen-bond donors (Lipinski definition) is 0. The molecule has 1 aliphatic carbocycles. The van der Waals surface area contributed by atoms with Gasteiger partial charge in [0.05, 0.1) is 17.1 Å². The Morgan fingerprint density at radius 3 is 2.57 bits per heavy atom. The Morgan fingerprint density at radius 1 is 1.50 bits per heavy atom. The van der Waals surface area contributed by atoms with E-state index in [1.807, 2.05) is 0 Å². The van der Waals surface area contributed by atoms with Gasteiger partial charge in [-0.15, -0.1) is 0 Å². The maximum atomic E-state index is 10.8. The minimum absolute atomic E-state index is 0. The van der Waals surface area contributed by atoms with Crippen molar-refractivity contribution in [3.63, 3.8) is 0 Å². The van der Waals surface area contributed by atoms with Crippen molar-refractivity contribution < 1.29 is 39.5 Å². The van der Waals surface area contributed by atoms with Crippen LogP contribution in [0.4, 0.5) is 0 Å². The minimum atomic E-state index is -1.02. The molecule has 0 amide bonds. The van der Waals surface area contributed by atoms with Crippen LogP contribution in [0.3, 0.4) is 0 Å². The third-order valence-electron chi connectivity index (χ3n) is 2.35. The normalized spacial score (nSPS) is 16.9. The number of pyridine rings is 1. The fraction of sp³-hybridized carbons (Fsp3) is 0.333. The van der Waals surface area contributed by atoms with Gasteiger partial charge in [-0.2, -0.15) is 0 Å². The van der Waals surface area contributed by atoms with Crippen molar-refractivity contribution in [2.24, 2.45) is 0 Å². The van der Waals surface area contributed by atoms with Crippen molar-refractivity contribution >= 4 is 21.9 Å². The summed E-state index contributed by atoms with van der Waals surface area (Å²) in [6, 6.07) is 5.29. The summed E-state index contributed by atoms with van der Waals surface area (Å²) in [5.74, 6) is -1.02. The summed E-state index contributed by atoms with van der Waals surface area (Å²) in [5.41, 5.74) is -0.203. The van der Waals surface area contributed by atoms with Gasteiger partial charge >= 0.3 is 29.6 Å². The zero-order chi connectivity index (χ0) is 9.47. The number of hydrogen-bond acceptors (Lipinski definition) is 3. The molecule has 0 bridgehead atoms. The van der Waals surface area contributed by atoms with Crippen LogP contribution in [0.5, 0.6) is 0 Å². The van der Waals surface area contributed by atoms with Crippen molar-refractivity contribution in [1.29, 1.82) is 0 Å². The van der Waals surface area contributed by atoms with Crippen LogP contribution in [0.1, 0.15) is 18.5 Å². The van der Waals surface area contributed by atoms with Gasteiger partial charge in [0.2, 0.25) is 0 Å². The third-order valence-corrected chi connectivity index (χ3v) is 2.79. The van der Waals surface area contributed by atoms with E-state index in [0.717, 1.165) is 0 Å². The van der Waals surface area contributed by atoms with Crippen molar-refractivity contribution in [3.05, 3.63) is 28.5 Å². The number of carboxylic acid groups (broad SMARTS) is 1. The van der Waals surface area contributed by atoms with Crippen molar-refractivity contribution in [2.45, 2.75) is 18.3 Å². The number of carbonyl (C=O) groups is 1. The average Bonchev–Trinajstić information content (AvgIpc) is 2.83. The topological polar surface area (TPSA) is 53.0 Å².